The molecule has 7 atom stereocenters. The number of carbonyl (C=O) groups is 1. The van der Waals surface area contributed by atoms with E-state index >= 15 is 0 Å². The number of aliphatic hydroxyl groups excluding tert-OH is 5. The van der Waals surface area contributed by atoms with Crippen molar-refractivity contribution in [2.45, 2.75) is 346 Å². The van der Waals surface area contributed by atoms with Crippen molar-refractivity contribution >= 4 is 5.91 Å². The van der Waals surface area contributed by atoms with E-state index < -0.39 is 49.5 Å². The fourth-order valence-electron chi connectivity index (χ4n) is 9.81. The van der Waals surface area contributed by atoms with E-state index in [1.54, 1.807) is 0 Å². The largest absolute Gasteiger partial charge is 0.394 e. The summed E-state index contributed by atoms with van der Waals surface area (Å²) < 4.78 is 11.3. The Labute approximate surface area is 408 Å². The Hall–Kier alpha value is -0.810. The van der Waals surface area contributed by atoms with Crippen LogP contribution in [-0.4, -0.2) is 87.5 Å². The van der Waals surface area contributed by atoms with Crippen LogP contribution in [0.2, 0.25) is 0 Å². The molecular weight excluding hydrogens is 827 g/mol. The molecule has 0 bridgehead atoms. The molecule has 1 saturated heterocycles. The first-order valence-corrected chi connectivity index (χ1v) is 29.2. The second-order valence-electron chi connectivity index (χ2n) is 20.8. The third-order valence-corrected chi connectivity index (χ3v) is 14.5. The Morgan fingerprint density at radius 2 is 0.758 bits per heavy atom. The molecule has 0 aromatic carbocycles. The van der Waals surface area contributed by atoms with Crippen LogP contribution >= 0.6 is 0 Å². The Morgan fingerprint density at radius 1 is 0.455 bits per heavy atom. The van der Waals surface area contributed by atoms with Crippen LogP contribution in [-0.2, 0) is 14.3 Å². The van der Waals surface area contributed by atoms with Crippen molar-refractivity contribution in [1.29, 1.82) is 0 Å². The lowest BCUT2D eigenvalue weighted by Gasteiger charge is -2.40. The summed E-state index contributed by atoms with van der Waals surface area (Å²) in [6.45, 7) is 3.88. The van der Waals surface area contributed by atoms with Crippen LogP contribution in [0, 0.1) is 0 Å². The van der Waals surface area contributed by atoms with Gasteiger partial charge in [0.25, 0.3) is 0 Å². The summed E-state index contributed by atoms with van der Waals surface area (Å²) in [7, 11) is 0. The summed E-state index contributed by atoms with van der Waals surface area (Å²) in [4.78, 5) is 13.1. The van der Waals surface area contributed by atoms with Gasteiger partial charge < -0.3 is 40.3 Å². The Kier molecular flexibility index (Phi) is 45.8. The van der Waals surface area contributed by atoms with Crippen LogP contribution in [0.25, 0.3) is 0 Å². The van der Waals surface area contributed by atoms with E-state index in [4.69, 9.17) is 9.47 Å². The second kappa shape index (κ2) is 47.8. The van der Waals surface area contributed by atoms with Gasteiger partial charge in [0.05, 0.1) is 25.4 Å². The minimum absolute atomic E-state index is 0.131. The Bertz CT molecular complexity index is 1000. The second-order valence-corrected chi connectivity index (χ2v) is 20.8. The maximum absolute atomic E-state index is 13.1. The van der Waals surface area contributed by atoms with Gasteiger partial charge in [-0.2, -0.15) is 0 Å². The molecule has 7 unspecified atom stereocenters. The summed E-state index contributed by atoms with van der Waals surface area (Å²) in [6, 6.07) is -0.713. The lowest BCUT2D eigenvalue weighted by atomic mass is 9.99. The van der Waals surface area contributed by atoms with Gasteiger partial charge in [0, 0.05) is 6.42 Å². The van der Waals surface area contributed by atoms with Gasteiger partial charge in [-0.25, -0.2) is 0 Å². The predicted molar refractivity (Wildman–Crippen MR) is 277 cm³/mol. The smallest absolute Gasteiger partial charge is 0.220 e. The first-order chi connectivity index (χ1) is 32.3. The van der Waals surface area contributed by atoms with Crippen molar-refractivity contribution in [3.8, 4) is 0 Å². The van der Waals surface area contributed by atoms with E-state index in [9.17, 15) is 30.3 Å². The van der Waals surface area contributed by atoms with Gasteiger partial charge in [0.1, 0.15) is 24.4 Å². The van der Waals surface area contributed by atoms with Crippen LogP contribution in [0.5, 0.6) is 0 Å². The van der Waals surface area contributed by atoms with E-state index in [-0.39, 0.29) is 12.5 Å². The zero-order chi connectivity index (χ0) is 48.0. The highest BCUT2D eigenvalue weighted by molar-refractivity contribution is 5.76. The van der Waals surface area contributed by atoms with Gasteiger partial charge in [-0.05, 0) is 12.8 Å². The van der Waals surface area contributed by atoms with E-state index in [0.29, 0.717) is 12.8 Å². The molecule has 1 rings (SSSR count). The number of amides is 1. The summed E-state index contributed by atoms with van der Waals surface area (Å²) in [5.41, 5.74) is 0. The molecule has 0 aromatic heterocycles. The van der Waals surface area contributed by atoms with Crippen LogP contribution in [0.3, 0.4) is 0 Å². The molecule has 1 fully saturated rings. The topological polar surface area (TPSA) is 149 Å². The fourth-order valence-corrected chi connectivity index (χ4v) is 9.81. The Morgan fingerprint density at radius 3 is 1.08 bits per heavy atom. The quantitative estimate of drug-likeness (QED) is 0.0330. The zero-order valence-electron chi connectivity index (χ0n) is 43.7. The fraction of sp³-hybridized carbons (Fsp3) is 0.982. The molecular formula is C57H113NO8. The number of unbranched alkanes of at least 4 members (excludes halogenated alkanes) is 41. The number of carbonyl (C=O) groups excluding carboxylic acids is 1. The van der Waals surface area contributed by atoms with Crippen molar-refractivity contribution in [2.75, 3.05) is 13.2 Å². The number of rotatable bonds is 51. The molecule has 0 spiro atoms. The van der Waals surface area contributed by atoms with Gasteiger partial charge in [-0.15, -0.1) is 0 Å². The zero-order valence-corrected chi connectivity index (χ0v) is 43.7. The SMILES string of the molecule is CCCCCCCCCCCCCCCCCCCCCCCCCCCCCCC(=O)NC(COC1OC(CO)C(O)C(O)C1O)C(O)CCCCCCCCCCCCCCCCC. The minimum atomic E-state index is -1.55. The molecule has 0 radical (unpaired) electrons. The van der Waals surface area contributed by atoms with Crippen molar-refractivity contribution < 1.29 is 39.8 Å². The molecule has 1 aliphatic rings. The van der Waals surface area contributed by atoms with E-state index in [0.717, 1.165) is 38.5 Å². The highest BCUT2D eigenvalue weighted by Gasteiger charge is 2.44. The average Bonchev–Trinajstić information content (AvgIpc) is 3.32. The van der Waals surface area contributed by atoms with Crippen molar-refractivity contribution in [1.82, 2.24) is 5.32 Å². The van der Waals surface area contributed by atoms with Crippen LogP contribution in [0.1, 0.15) is 303 Å². The van der Waals surface area contributed by atoms with Gasteiger partial charge in [-0.1, -0.05) is 284 Å². The summed E-state index contributed by atoms with van der Waals surface area (Å²) in [6.07, 6.45) is 50.0. The molecule has 9 nitrogen and oxygen atoms in total. The van der Waals surface area contributed by atoms with E-state index in [2.05, 4.69) is 19.2 Å². The third-order valence-electron chi connectivity index (χ3n) is 14.5. The molecule has 0 saturated carbocycles. The number of hydrogen-bond acceptors (Lipinski definition) is 8. The highest BCUT2D eigenvalue weighted by Crippen LogP contribution is 2.23. The molecule has 394 valence electrons. The summed E-state index contributed by atoms with van der Waals surface area (Å²) in [5.74, 6) is -0.136. The van der Waals surface area contributed by atoms with Crippen molar-refractivity contribution in [2.24, 2.45) is 0 Å². The highest BCUT2D eigenvalue weighted by atomic mass is 16.7. The molecule has 1 aliphatic heterocycles. The standard InChI is InChI=1S/C57H113NO8/c1-3-5-7-9-11-13-15-17-19-20-21-22-23-24-25-26-27-28-29-30-31-33-35-37-39-41-43-45-47-53(61)58-50(49-65-57-56(64)55(63)54(62)52(48-59)66-57)51(60)46-44-42-40-38-36-34-32-18-16-14-12-10-8-6-4-2/h50-52,54-57,59-60,62-64H,3-49H2,1-2H3,(H,58,61). The van der Waals surface area contributed by atoms with Gasteiger partial charge in [0.15, 0.2) is 6.29 Å². The molecule has 1 heterocycles. The van der Waals surface area contributed by atoms with Gasteiger partial charge in [-0.3, -0.25) is 4.79 Å². The first-order valence-electron chi connectivity index (χ1n) is 29.2. The lowest BCUT2D eigenvalue weighted by Crippen LogP contribution is -2.60. The predicted octanol–water partition coefficient (Wildman–Crippen LogP) is 14.2. The minimum Gasteiger partial charge on any atom is -0.394 e. The number of aliphatic hydroxyl groups is 5. The third kappa shape index (κ3) is 37.1. The Balaban J connectivity index is 2.13. The average molecular weight is 941 g/mol. The van der Waals surface area contributed by atoms with Crippen LogP contribution in [0.4, 0.5) is 0 Å². The molecule has 0 aliphatic carbocycles. The van der Waals surface area contributed by atoms with Gasteiger partial charge >= 0.3 is 0 Å². The molecule has 1 amide bonds. The van der Waals surface area contributed by atoms with Crippen LogP contribution in [0.15, 0.2) is 0 Å². The molecule has 9 heteroatoms. The molecule has 66 heavy (non-hydrogen) atoms. The molecule has 6 N–H and O–H groups in total. The van der Waals surface area contributed by atoms with E-state index in [1.807, 2.05) is 0 Å². The maximum Gasteiger partial charge on any atom is 0.220 e. The number of hydrogen-bond donors (Lipinski definition) is 6. The molecule has 0 aromatic rings. The lowest BCUT2D eigenvalue weighted by molar-refractivity contribution is -0.302. The summed E-state index contributed by atoms with van der Waals surface area (Å²) in [5, 5.41) is 54.6. The first kappa shape index (κ1) is 63.2. The summed E-state index contributed by atoms with van der Waals surface area (Å²) >= 11 is 0. The van der Waals surface area contributed by atoms with Crippen LogP contribution < -0.4 is 5.32 Å². The maximum atomic E-state index is 13.1. The normalized spacial score (nSPS) is 19.7. The monoisotopic (exact) mass is 940 g/mol. The van der Waals surface area contributed by atoms with Crippen molar-refractivity contribution in [3.05, 3.63) is 0 Å². The number of ether oxygens (including phenoxy) is 2. The van der Waals surface area contributed by atoms with Crippen molar-refractivity contribution in [3.63, 3.8) is 0 Å². The number of nitrogens with one attached hydrogen (secondary N) is 1. The van der Waals surface area contributed by atoms with E-state index in [1.165, 1.54) is 238 Å². The van der Waals surface area contributed by atoms with Gasteiger partial charge in [0.2, 0.25) is 5.91 Å².